The number of hydrogen-bond donors (Lipinski definition) is 1. The molecule has 4 rings (SSSR count). The smallest absolute Gasteiger partial charge is 0.234 e. The molecule has 2 saturated carbocycles. The van der Waals surface area contributed by atoms with Crippen LogP contribution in [0.2, 0.25) is 0 Å². The van der Waals surface area contributed by atoms with Crippen LogP contribution in [0.1, 0.15) is 43.5 Å². The number of anilines is 1. The number of aromatic nitrogens is 3. The molecule has 0 saturated heterocycles. The summed E-state index contributed by atoms with van der Waals surface area (Å²) < 4.78 is 15.1. The summed E-state index contributed by atoms with van der Waals surface area (Å²) in [5.74, 6) is 1.48. The van der Waals surface area contributed by atoms with Gasteiger partial charge in [-0.2, -0.15) is 0 Å². The fourth-order valence-electron chi connectivity index (χ4n) is 2.54. The van der Waals surface area contributed by atoms with Crippen LogP contribution in [0.3, 0.4) is 0 Å². The van der Waals surface area contributed by atoms with Crippen LogP contribution in [-0.2, 0) is 4.79 Å². The van der Waals surface area contributed by atoms with E-state index < -0.39 is 0 Å². The maximum atomic E-state index is 12.9. The van der Waals surface area contributed by atoms with Gasteiger partial charge in [0.1, 0.15) is 11.6 Å². The van der Waals surface area contributed by atoms with E-state index in [9.17, 15) is 9.18 Å². The molecule has 23 heavy (non-hydrogen) atoms. The molecule has 1 N–H and O–H groups in total. The van der Waals surface area contributed by atoms with Crippen LogP contribution < -0.4 is 5.32 Å². The Labute approximate surface area is 137 Å². The zero-order valence-corrected chi connectivity index (χ0v) is 13.4. The van der Waals surface area contributed by atoms with Crippen LogP contribution in [0.25, 0.3) is 0 Å². The summed E-state index contributed by atoms with van der Waals surface area (Å²) >= 11 is 1.42. The van der Waals surface area contributed by atoms with Crippen molar-refractivity contribution in [2.75, 3.05) is 11.1 Å². The number of amides is 1. The van der Waals surface area contributed by atoms with Gasteiger partial charge in [-0.25, -0.2) is 4.39 Å². The third-order valence-electron chi connectivity index (χ3n) is 4.01. The van der Waals surface area contributed by atoms with E-state index in [0.29, 0.717) is 17.6 Å². The standard InChI is InChI=1S/C16H17FN4OS/c17-11-3-5-12(6-4-11)18-14(22)9-23-16-20-19-15(10-1-2-10)21(16)13-7-8-13/h3-6,10,13H,1-2,7-9H2,(H,18,22). The number of carbonyl (C=O) groups is 1. The van der Waals surface area contributed by atoms with Crippen LogP contribution in [0.4, 0.5) is 10.1 Å². The Morgan fingerprint density at radius 2 is 1.96 bits per heavy atom. The van der Waals surface area contributed by atoms with Crippen LogP contribution in [0.15, 0.2) is 29.4 Å². The molecule has 1 aromatic heterocycles. The molecule has 1 heterocycles. The molecule has 2 aliphatic carbocycles. The molecular weight excluding hydrogens is 315 g/mol. The second kappa shape index (κ2) is 5.96. The van der Waals surface area contributed by atoms with Crippen molar-refractivity contribution in [2.45, 2.75) is 42.8 Å². The number of thioether (sulfide) groups is 1. The Balaban J connectivity index is 1.39. The number of hydrogen-bond acceptors (Lipinski definition) is 4. The van der Waals surface area contributed by atoms with Crippen LogP contribution in [0, 0.1) is 5.82 Å². The van der Waals surface area contributed by atoms with Gasteiger partial charge in [0.2, 0.25) is 5.91 Å². The first-order valence-corrected chi connectivity index (χ1v) is 8.82. The molecule has 120 valence electrons. The lowest BCUT2D eigenvalue weighted by atomic mass is 10.3. The summed E-state index contributed by atoms with van der Waals surface area (Å²) in [6.07, 6.45) is 4.74. The van der Waals surface area contributed by atoms with Crippen molar-refractivity contribution in [1.29, 1.82) is 0 Å². The number of rotatable bonds is 6. The van der Waals surface area contributed by atoms with Crippen molar-refractivity contribution in [2.24, 2.45) is 0 Å². The van der Waals surface area contributed by atoms with Gasteiger partial charge in [0.25, 0.3) is 0 Å². The minimum Gasteiger partial charge on any atom is -0.325 e. The Morgan fingerprint density at radius 3 is 2.61 bits per heavy atom. The Hall–Kier alpha value is -1.89. The quantitative estimate of drug-likeness (QED) is 0.824. The fraction of sp³-hybridized carbons (Fsp3) is 0.438. The largest absolute Gasteiger partial charge is 0.325 e. The Kier molecular flexibility index (Phi) is 3.80. The minimum absolute atomic E-state index is 0.125. The third kappa shape index (κ3) is 3.39. The first-order valence-electron chi connectivity index (χ1n) is 7.84. The van der Waals surface area contributed by atoms with Crippen LogP contribution in [0.5, 0.6) is 0 Å². The topological polar surface area (TPSA) is 59.8 Å². The number of benzene rings is 1. The van der Waals surface area contributed by atoms with E-state index >= 15 is 0 Å². The van der Waals surface area contributed by atoms with Crippen LogP contribution in [-0.4, -0.2) is 26.4 Å². The van der Waals surface area contributed by atoms with E-state index in [1.807, 2.05) is 0 Å². The summed E-state index contributed by atoms with van der Waals surface area (Å²) in [6.45, 7) is 0. The van der Waals surface area contributed by atoms with E-state index in [2.05, 4.69) is 20.1 Å². The molecule has 0 unspecified atom stereocenters. The van der Waals surface area contributed by atoms with Crippen molar-refractivity contribution < 1.29 is 9.18 Å². The molecule has 2 aliphatic rings. The van der Waals surface area contributed by atoms with Gasteiger partial charge in [0.15, 0.2) is 5.16 Å². The first-order chi connectivity index (χ1) is 11.2. The third-order valence-corrected chi connectivity index (χ3v) is 4.95. The van der Waals surface area contributed by atoms with Gasteiger partial charge in [-0.1, -0.05) is 11.8 Å². The highest BCUT2D eigenvalue weighted by molar-refractivity contribution is 7.99. The summed E-state index contributed by atoms with van der Waals surface area (Å²) in [5, 5.41) is 12.2. The van der Waals surface area contributed by atoms with E-state index in [4.69, 9.17) is 0 Å². The SMILES string of the molecule is O=C(CSc1nnc(C2CC2)n1C1CC1)Nc1ccc(F)cc1. The van der Waals surface area contributed by atoms with E-state index in [1.54, 1.807) is 12.1 Å². The highest BCUT2D eigenvalue weighted by atomic mass is 32.2. The van der Waals surface area contributed by atoms with E-state index in [1.165, 1.54) is 49.6 Å². The molecular formula is C16H17FN4OS. The van der Waals surface area contributed by atoms with Crippen molar-refractivity contribution >= 4 is 23.4 Å². The Bertz CT molecular complexity index is 722. The molecule has 0 spiro atoms. The van der Waals surface area contributed by atoms with Gasteiger partial charge in [0.05, 0.1) is 5.75 Å². The zero-order valence-electron chi connectivity index (χ0n) is 12.5. The van der Waals surface area contributed by atoms with Crippen molar-refractivity contribution in [3.05, 3.63) is 35.9 Å². The fourth-order valence-corrected chi connectivity index (χ4v) is 3.36. The van der Waals surface area contributed by atoms with Gasteiger partial charge in [-0.3, -0.25) is 4.79 Å². The average Bonchev–Trinajstić information content (AvgIpc) is 3.46. The molecule has 1 aromatic carbocycles. The number of halogens is 1. The van der Waals surface area contributed by atoms with Gasteiger partial charge >= 0.3 is 0 Å². The Morgan fingerprint density at radius 1 is 1.22 bits per heavy atom. The van der Waals surface area contributed by atoms with Crippen molar-refractivity contribution in [3.63, 3.8) is 0 Å². The van der Waals surface area contributed by atoms with E-state index in [-0.39, 0.29) is 17.5 Å². The molecule has 2 fully saturated rings. The summed E-state index contributed by atoms with van der Waals surface area (Å²) in [4.78, 5) is 12.0. The lowest BCUT2D eigenvalue weighted by molar-refractivity contribution is -0.113. The predicted octanol–water partition coefficient (Wildman–Crippen LogP) is 3.36. The highest BCUT2D eigenvalue weighted by Crippen LogP contribution is 2.45. The second-order valence-corrected chi connectivity index (χ2v) is 7.00. The van der Waals surface area contributed by atoms with Crippen molar-refractivity contribution in [3.8, 4) is 0 Å². The second-order valence-electron chi connectivity index (χ2n) is 6.06. The van der Waals surface area contributed by atoms with E-state index in [0.717, 1.165) is 11.0 Å². The molecule has 0 bridgehead atoms. The summed E-state index contributed by atoms with van der Waals surface area (Å²) in [6, 6.07) is 6.28. The minimum atomic E-state index is -0.317. The molecule has 5 nitrogen and oxygen atoms in total. The summed E-state index contributed by atoms with van der Waals surface area (Å²) in [5.41, 5.74) is 0.597. The predicted molar refractivity (Wildman–Crippen MR) is 86.0 cm³/mol. The number of nitrogens with one attached hydrogen (secondary N) is 1. The molecule has 1 amide bonds. The zero-order chi connectivity index (χ0) is 15.8. The number of carbonyl (C=O) groups excluding carboxylic acids is 1. The van der Waals surface area contributed by atoms with Gasteiger partial charge in [0, 0.05) is 17.6 Å². The lowest BCUT2D eigenvalue weighted by Gasteiger charge is -2.08. The lowest BCUT2D eigenvalue weighted by Crippen LogP contribution is -2.14. The molecule has 0 radical (unpaired) electrons. The van der Waals surface area contributed by atoms with Gasteiger partial charge < -0.3 is 9.88 Å². The summed E-state index contributed by atoms with van der Waals surface area (Å²) in [7, 11) is 0. The van der Waals surface area contributed by atoms with Gasteiger partial charge in [-0.05, 0) is 49.9 Å². The number of nitrogens with zero attached hydrogens (tertiary/aromatic N) is 3. The maximum absolute atomic E-state index is 12.9. The average molecular weight is 332 g/mol. The maximum Gasteiger partial charge on any atom is 0.234 e. The molecule has 7 heteroatoms. The highest BCUT2D eigenvalue weighted by Gasteiger charge is 2.36. The molecule has 2 aromatic rings. The normalized spacial score (nSPS) is 17.3. The van der Waals surface area contributed by atoms with Crippen LogP contribution >= 0.6 is 11.8 Å². The van der Waals surface area contributed by atoms with Gasteiger partial charge in [-0.15, -0.1) is 10.2 Å². The monoisotopic (exact) mass is 332 g/mol. The molecule has 0 atom stereocenters. The molecule has 0 aliphatic heterocycles. The first kappa shape index (κ1) is 14.7. The van der Waals surface area contributed by atoms with Crippen molar-refractivity contribution in [1.82, 2.24) is 14.8 Å².